The van der Waals surface area contributed by atoms with Crippen LogP contribution < -0.4 is 0 Å². The van der Waals surface area contributed by atoms with Gasteiger partial charge in [-0.15, -0.1) is 0 Å². The quantitative estimate of drug-likeness (QED) is 0.744. The fourth-order valence-electron chi connectivity index (χ4n) is 4.00. The van der Waals surface area contributed by atoms with Gasteiger partial charge in [0.1, 0.15) is 11.6 Å². The Kier molecular flexibility index (Phi) is 2.47. The average Bonchev–Trinajstić information content (AvgIpc) is 2.98. The molecule has 0 bridgehead atoms. The molecule has 2 aliphatic rings. The maximum atomic E-state index is 12.5. The molecule has 0 radical (unpaired) electrons. The van der Waals surface area contributed by atoms with Gasteiger partial charge in [0.05, 0.1) is 5.41 Å². The van der Waals surface area contributed by atoms with E-state index in [2.05, 4.69) is 24.3 Å². The fraction of sp³-hybridized carbons (Fsp3) is 0.263. The molecule has 0 aliphatic heterocycles. The first-order valence-corrected chi connectivity index (χ1v) is 7.39. The molecule has 21 heavy (non-hydrogen) atoms. The smallest absolute Gasteiger partial charge is 0.147 e. The van der Waals surface area contributed by atoms with E-state index in [1.165, 1.54) is 0 Å². The summed E-state index contributed by atoms with van der Waals surface area (Å²) in [7, 11) is 0. The Morgan fingerprint density at radius 2 is 1.24 bits per heavy atom. The minimum absolute atomic E-state index is 0.0870. The van der Waals surface area contributed by atoms with Gasteiger partial charge >= 0.3 is 0 Å². The highest BCUT2D eigenvalue weighted by molar-refractivity contribution is 6.14. The van der Waals surface area contributed by atoms with Crippen molar-refractivity contribution in [2.24, 2.45) is 5.41 Å². The maximum absolute atomic E-state index is 12.5. The Morgan fingerprint density at radius 1 is 0.810 bits per heavy atom. The van der Waals surface area contributed by atoms with Gasteiger partial charge < -0.3 is 0 Å². The van der Waals surface area contributed by atoms with Crippen LogP contribution >= 0.6 is 0 Å². The third-order valence-corrected chi connectivity index (χ3v) is 5.15. The summed E-state index contributed by atoms with van der Waals surface area (Å²) in [5.41, 5.74) is 3.65. The van der Waals surface area contributed by atoms with Crippen molar-refractivity contribution in [3.8, 4) is 11.1 Å². The van der Waals surface area contributed by atoms with Gasteiger partial charge in [-0.05, 0) is 29.2 Å². The van der Waals surface area contributed by atoms with Crippen LogP contribution in [-0.2, 0) is 9.59 Å². The van der Waals surface area contributed by atoms with Gasteiger partial charge in [0, 0.05) is 18.8 Å². The second-order valence-electron chi connectivity index (χ2n) is 6.16. The van der Waals surface area contributed by atoms with E-state index in [0.717, 1.165) is 22.3 Å². The summed E-state index contributed by atoms with van der Waals surface area (Å²) < 4.78 is 0. The summed E-state index contributed by atoms with van der Waals surface area (Å²) in [6, 6.07) is 16.3. The highest BCUT2D eigenvalue weighted by atomic mass is 16.2. The van der Waals surface area contributed by atoms with Crippen LogP contribution in [0.3, 0.4) is 0 Å². The van der Waals surface area contributed by atoms with Crippen molar-refractivity contribution in [3.05, 3.63) is 59.7 Å². The first-order valence-electron chi connectivity index (χ1n) is 7.39. The Morgan fingerprint density at radius 3 is 1.71 bits per heavy atom. The first kappa shape index (κ1) is 12.5. The highest BCUT2D eigenvalue weighted by Gasteiger charge is 2.54. The highest BCUT2D eigenvalue weighted by Crippen LogP contribution is 2.55. The van der Waals surface area contributed by atoms with Gasteiger partial charge in [-0.3, -0.25) is 9.59 Å². The molecule has 0 spiro atoms. The number of fused-ring (bicyclic) bond motifs is 3. The molecule has 0 aromatic heterocycles. The maximum Gasteiger partial charge on any atom is 0.147 e. The molecule has 0 atom stereocenters. The number of hydrogen-bond acceptors (Lipinski definition) is 2. The van der Waals surface area contributed by atoms with Gasteiger partial charge in [0.15, 0.2) is 0 Å². The van der Waals surface area contributed by atoms with E-state index in [4.69, 9.17) is 0 Å². The minimum Gasteiger partial charge on any atom is -0.299 e. The van der Waals surface area contributed by atoms with Gasteiger partial charge in [-0.2, -0.15) is 0 Å². The Bertz CT molecular complexity index is 711. The number of benzene rings is 2. The first-order chi connectivity index (χ1) is 10.1. The zero-order valence-corrected chi connectivity index (χ0v) is 11.9. The normalized spacial score (nSPS) is 19.7. The predicted molar refractivity (Wildman–Crippen MR) is 81.1 cm³/mol. The second kappa shape index (κ2) is 4.14. The van der Waals surface area contributed by atoms with E-state index in [1.54, 1.807) is 0 Å². The molecule has 2 nitrogen and oxygen atoms in total. The van der Waals surface area contributed by atoms with Crippen molar-refractivity contribution in [2.75, 3.05) is 0 Å². The van der Waals surface area contributed by atoms with Gasteiger partial charge in [-0.25, -0.2) is 0 Å². The largest absolute Gasteiger partial charge is 0.299 e. The van der Waals surface area contributed by atoms with Crippen molar-refractivity contribution < 1.29 is 9.59 Å². The van der Waals surface area contributed by atoms with E-state index in [0.29, 0.717) is 12.8 Å². The summed E-state index contributed by atoms with van der Waals surface area (Å²) >= 11 is 0. The number of Topliss-reactive ketones (excluding diaryl/α,β-unsaturated/α-hetero) is 2. The SMILES string of the molecule is CC1(C2c3ccccc3-c3ccccc32)C(=O)CCC1=O. The molecule has 2 heteroatoms. The molecule has 0 amide bonds. The van der Waals surface area contributed by atoms with Crippen LogP contribution in [0.15, 0.2) is 48.5 Å². The molecule has 1 saturated carbocycles. The van der Waals surface area contributed by atoms with Crippen molar-refractivity contribution >= 4 is 11.6 Å². The number of ketones is 2. The number of hydrogen-bond donors (Lipinski definition) is 0. The molecule has 1 fully saturated rings. The molecule has 2 aliphatic carbocycles. The van der Waals surface area contributed by atoms with Crippen LogP contribution in [0.5, 0.6) is 0 Å². The van der Waals surface area contributed by atoms with Crippen LogP contribution in [0.2, 0.25) is 0 Å². The molecule has 2 aromatic carbocycles. The van der Waals surface area contributed by atoms with Crippen molar-refractivity contribution in [3.63, 3.8) is 0 Å². The standard InChI is InChI=1S/C19H16O2/c1-19(16(20)10-11-17(19)21)18-14-8-4-2-6-12(14)13-7-3-5-9-15(13)18/h2-9,18H,10-11H2,1H3. The topological polar surface area (TPSA) is 34.1 Å². The summed E-state index contributed by atoms with van der Waals surface area (Å²) in [6.07, 6.45) is 0.770. The monoisotopic (exact) mass is 276 g/mol. The molecule has 0 N–H and O–H groups in total. The average molecular weight is 276 g/mol. The Labute approximate surface area is 123 Å². The second-order valence-corrected chi connectivity index (χ2v) is 6.16. The Balaban J connectivity index is 2.02. The lowest BCUT2D eigenvalue weighted by atomic mass is 9.70. The molecule has 2 aromatic rings. The van der Waals surface area contributed by atoms with Crippen molar-refractivity contribution in [1.82, 2.24) is 0 Å². The summed E-state index contributed by atoms with van der Waals surface area (Å²) in [5, 5.41) is 0. The van der Waals surface area contributed by atoms with Crippen LogP contribution in [0.1, 0.15) is 36.8 Å². The molecular weight excluding hydrogens is 260 g/mol. The van der Waals surface area contributed by atoms with Gasteiger partial charge in [0.25, 0.3) is 0 Å². The summed E-state index contributed by atoms with van der Waals surface area (Å²) in [4.78, 5) is 25.0. The van der Waals surface area contributed by atoms with Gasteiger partial charge in [0.2, 0.25) is 0 Å². The molecule has 104 valence electrons. The van der Waals surface area contributed by atoms with E-state index in [1.807, 2.05) is 31.2 Å². The van der Waals surface area contributed by atoms with Gasteiger partial charge in [-0.1, -0.05) is 48.5 Å². The lowest BCUT2D eigenvalue weighted by Crippen LogP contribution is -2.36. The minimum atomic E-state index is -0.900. The van der Waals surface area contributed by atoms with E-state index >= 15 is 0 Å². The lowest BCUT2D eigenvalue weighted by Gasteiger charge is -2.29. The van der Waals surface area contributed by atoms with Crippen LogP contribution in [0, 0.1) is 5.41 Å². The van der Waals surface area contributed by atoms with Crippen LogP contribution in [0.25, 0.3) is 11.1 Å². The Hall–Kier alpha value is -2.22. The molecular formula is C19H16O2. The van der Waals surface area contributed by atoms with Crippen LogP contribution in [-0.4, -0.2) is 11.6 Å². The van der Waals surface area contributed by atoms with Crippen molar-refractivity contribution in [1.29, 1.82) is 0 Å². The zero-order valence-electron chi connectivity index (χ0n) is 11.9. The molecule has 0 heterocycles. The summed E-state index contributed by atoms with van der Waals surface area (Å²) in [5.74, 6) is 0.0420. The zero-order chi connectivity index (χ0) is 14.6. The number of carbonyl (C=O) groups is 2. The number of rotatable bonds is 1. The fourth-order valence-corrected chi connectivity index (χ4v) is 4.00. The molecule has 0 unspecified atom stereocenters. The van der Waals surface area contributed by atoms with Crippen molar-refractivity contribution in [2.45, 2.75) is 25.7 Å². The van der Waals surface area contributed by atoms with E-state index in [-0.39, 0.29) is 17.5 Å². The number of carbonyl (C=O) groups excluding carboxylic acids is 2. The van der Waals surface area contributed by atoms with E-state index < -0.39 is 5.41 Å². The third-order valence-electron chi connectivity index (χ3n) is 5.15. The van der Waals surface area contributed by atoms with Crippen LogP contribution in [0.4, 0.5) is 0 Å². The molecule has 4 rings (SSSR count). The third kappa shape index (κ3) is 1.48. The molecule has 0 saturated heterocycles. The lowest BCUT2D eigenvalue weighted by molar-refractivity contribution is -0.134. The predicted octanol–water partition coefficient (Wildman–Crippen LogP) is 3.74. The summed E-state index contributed by atoms with van der Waals surface area (Å²) in [6.45, 7) is 1.84. The van der Waals surface area contributed by atoms with E-state index in [9.17, 15) is 9.59 Å².